The number of benzene rings is 17. The van der Waals surface area contributed by atoms with Crippen molar-refractivity contribution in [2.45, 2.75) is 105 Å². The van der Waals surface area contributed by atoms with Gasteiger partial charge in [-0.25, -0.2) is 0 Å². The Morgan fingerprint density at radius 3 is 0.901 bits per heavy atom. The van der Waals surface area contributed by atoms with Crippen LogP contribution < -0.4 is 4.90 Å². The predicted octanol–water partition coefficient (Wildman–Crippen LogP) is 33.2. The van der Waals surface area contributed by atoms with Gasteiger partial charge in [0.05, 0.1) is 33.1 Å². The van der Waals surface area contributed by atoms with Gasteiger partial charge in [-0.3, -0.25) is 0 Å². The van der Waals surface area contributed by atoms with Crippen molar-refractivity contribution in [3.63, 3.8) is 0 Å². The Bertz CT molecular complexity index is 7610. The molecule has 8 bridgehead atoms. The van der Waals surface area contributed by atoms with Crippen LogP contribution in [0.4, 0.5) is 17.1 Å². The summed E-state index contributed by atoms with van der Waals surface area (Å²) in [5, 5.41) is 7.31. The van der Waals surface area contributed by atoms with Crippen LogP contribution in [-0.2, 0) is 21.7 Å². The summed E-state index contributed by atoms with van der Waals surface area (Å²) in [6.45, 7) is 8.04. The first-order valence-electron chi connectivity index (χ1n) is 47.8. The third kappa shape index (κ3) is 12.7. The summed E-state index contributed by atoms with van der Waals surface area (Å²) >= 11 is 0. The molecular formula is C127H102N4. The highest BCUT2D eigenvalue weighted by Crippen LogP contribution is 2.69. The molecule has 0 saturated heterocycles. The summed E-state index contributed by atoms with van der Waals surface area (Å²) < 4.78 is 7.26. The maximum Gasteiger partial charge on any atom is 0.0542 e. The summed E-state index contributed by atoms with van der Waals surface area (Å²) in [7, 11) is 0. The molecule has 3 heterocycles. The molecule has 29 rings (SSSR count). The smallest absolute Gasteiger partial charge is 0.0542 e. The lowest BCUT2D eigenvalue weighted by molar-refractivity contribution is -0.0283. The number of anilines is 3. The molecule has 4 heteroatoms. The fourth-order valence-electron chi connectivity index (χ4n) is 27.6. The second-order valence-corrected chi connectivity index (χ2v) is 39.9. The fourth-order valence-corrected chi connectivity index (χ4v) is 27.6. The molecule has 0 radical (unpaired) electrons. The zero-order valence-electron chi connectivity index (χ0n) is 73.9. The molecule has 8 saturated carbocycles. The van der Waals surface area contributed by atoms with Crippen LogP contribution in [0.2, 0.25) is 0 Å². The summed E-state index contributed by atoms with van der Waals surface area (Å²) in [5.74, 6) is 3.50. The molecule has 4 atom stereocenters. The average Bonchev–Trinajstić information content (AvgIpc) is 1.29. The number of para-hydroxylation sites is 5. The van der Waals surface area contributed by atoms with E-state index in [1.54, 1.807) is 16.7 Å². The predicted molar refractivity (Wildman–Crippen MR) is 549 cm³/mol. The van der Waals surface area contributed by atoms with Crippen molar-refractivity contribution in [1.82, 2.24) is 13.7 Å². The van der Waals surface area contributed by atoms with Gasteiger partial charge >= 0.3 is 0 Å². The Kier molecular flexibility index (Phi) is 18.1. The number of aromatic nitrogens is 3. The molecule has 630 valence electrons. The van der Waals surface area contributed by atoms with Crippen molar-refractivity contribution in [2.24, 2.45) is 23.7 Å². The molecule has 20 aromatic rings. The molecule has 0 spiro atoms. The van der Waals surface area contributed by atoms with Gasteiger partial charge in [-0.05, 0) is 344 Å². The van der Waals surface area contributed by atoms with E-state index >= 15 is 0 Å². The topological polar surface area (TPSA) is 18.0 Å². The lowest BCUT2D eigenvalue weighted by Gasteiger charge is -2.63. The van der Waals surface area contributed by atoms with Gasteiger partial charge in [0.2, 0.25) is 0 Å². The number of rotatable bonds is 16. The van der Waals surface area contributed by atoms with E-state index < -0.39 is 0 Å². The molecular weight excluding hydrogens is 1580 g/mol. The van der Waals surface area contributed by atoms with E-state index in [0.29, 0.717) is 10.8 Å². The molecule has 8 fully saturated rings. The second kappa shape index (κ2) is 30.5. The normalized spacial score (nSPS) is 21.4. The quantitative estimate of drug-likeness (QED) is 0.0943. The van der Waals surface area contributed by atoms with E-state index in [2.05, 4.69) is 438 Å². The van der Waals surface area contributed by atoms with Crippen molar-refractivity contribution in [3.8, 4) is 61.6 Å². The molecule has 0 amide bonds. The monoisotopic (exact) mass is 1680 g/mol. The minimum absolute atomic E-state index is 0.224. The Labute approximate surface area is 767 Å². The molecule has 0 aliphatic heterocycles. The SMILES string of the molecule is C=Cc1ccc(C23CC4CC(C2)CC(c2ccc(-c5ccc6c(c5)c5cc(N(c7ccc8c(c7)c7ccccc7n8-c7ccccc7)c7ccc8c(c7)c7ccccc7n8-c7ccccc7)ccc5n6-c5ccccc5)cc2)(C4)C3)cc1.C=Cc1ccc(C23CC4CC(C2)CC(c2ccc(C5c6ccc(-c7ccccc7)cc6-c6cc(-c7ccccc7)ccc65)cc2)(C4)C3)cc1. The standard InChI is InChI=1S/C78H60N4.C49H42/c1-2-52-26-31-57(32-27-52)77-47-53-42-54(48-77)50-78(49-53,51-77)58-33-28-55(29-34-58)56-30-38-73-67(43-56)70-46-64(37-41-76(70)82(73)61-20-10-5-11-21-61)79(62-35-39-74-68(44-62)65-22-12-14-24-71(65)80(74)59-16-6-3-7-17-59)63-36-40-75-69(45-63)66-23-13-15-25-72(66)81(75)60-18-8-4-9-19-60;1-2-33-13-19-41(20-14-33)48-28-34-25-35(29-48)31-49(30-34,32-48)42-21-15-38(16-22-42)47-43-23-17-39(36-9-5-3-6-10-36)26-45(43)46-27-40(18-24-44(46)47)37-11-7-4-8-12-37/h2-41,43-46,53-54H,1,42,47-51H2;2-24,26-27,34-35,47H,1,25,28-32H2. The number of hydrogen-bond acceptors (Lipinski definition) is 1. The van der Waals surface area contributed by atoms with E-state index in [9.17, 15) is 0 Å². The second-order valence-electron chi connectivity index (χ2n) is 39.9. The first-order valence-corrected chi connectivity index (χ1v) is 47.8. The van der Waals surface area contributed by atoms with Crippen LogP contribution in [0.5, 0.6) is 0 Å². The average molecular weight is 1680 g/mol. The third-order valence-electron chi connectivity index (χ3n) is 32.4. The van der Waals surface area contributed by atoms with Crippen LogP contribution >= 0.6 is 0 Å². The summed E-state index contributed by atoms with van der Waals surface area (Å²) in [6, 6.07) is 153. The summed E-state index contributed by atoms with van der Waals surface area (Å²) in [6.07, 6.45) is 20.0. The van der Waals surface area contributed by atoms with Gasteiger partial charge in [-0.1, -0.05) is 304 Å². The highest BCUT2D eigenvalue weighted by atomic mass is 15.1. The molecule has 0 N–H and O–H groups in total. The Morgan fingerprint density at radius 2 is 0.527 bits per heavy atom. The van der Waals surface area contributed by atoms with E-state index in [0.717, 1.165) is 57.8 Å². The van der Waals surface area contributed by atoms with Gasteiger partial charge in [0.1, 0.15) is 0 Å². The minimum atomic E-state index is 0.224. The Morgan fingerprint density at radius 1 is 0.244 bits per heavy atom. The zero-order chi connectivity index (χ0) is 86.7. The van der Waals surface area contributed by atoms with Crippen LogP contribution in [-0.4, -0.2) is 13.7 Å². The number of hydrogen-bond donors (Lipinski definition) is 0. The largest absolute Gasteiger partial charge is 0.310 e. The zero-order valence-corrected chi connectivity index (χ0v) is 73.9. The van der Waals surface area contributed by atoms with Crippen LogP contribution in [0.3, 0.4) is 0 Å². The van der Waals surface area contributed by atoms with Crippen LogP contribution in [0.1, 0.15) is 133 Å². The summed E-state index contributed by atoms with van der Waals surface area (Å²) in [4.78, 5) is 2.49. The highest BCUT2D eigenvalue weighted by Gasteiger charge is 2.60. The van der Waals surface area contributed by atoms with Crippen molar-refractivity contribution >= 4 is 94.6 Å². The molecule has 3 aromatic heterocycles. The molecule has 9 aliphatic rings. The number of fused-ring (bicyclic) bond motifs is 12. The van der Waals surface area contributed by atoms with Gasteiger partial charge < -0.3 is 18.6 Å². The lowest BCUT2D eigenvalue weighted by Crippen LogP contribution is -2.55. The van der Waals surface area contributed by atoms with E-state index in [1.807, 2.05) is 12.2 Å². The fraction of sp³-hybridized carbons (Fsp3) is 0.165. The van der Waals surface area contributed by atoms with Crippen molar-refractivity contribution < 1.29 is 0 Å². The van der Waals surface area contributed by atoms with Crippen molar-refractivity contribution in [2.75, 3.05) is 4.90 Å². The van der Waals surface area contributed by atoms with Crippen molar-refractivity contribution in [3.05, 3.63) is 470 Å². The first-order chi connectivity index (χ1) is 64.6. The Hall–Kier alpha value is -14.6. The van der Waals surface area contributed by atoms with Gasteiger partial charge in [-0.15, -0.1) is 0 Å². The van der Waals surface area contributed by atoms with E-state index in [4.69, 9.17) is 0 Å². The highest BCUT2D eigenvalue weighted by molar-refractivity contribution is 6.15. The van der Waals surface area contributed by atoms with Crippen molar-refractivity contribution in [1.29, 1.82) is 0 Å². The Balaban J connectivity index is 0.000000156. The van der Waals surface area contributed by atoms with Gasteiger partial charge in [-0.2, -0.15) is 0 Å². The molecule has 4 nitrogen and oxygen atoms in total. The summed E-state index contributed by atoms with van der Waals surface area (Å²) in [5.41, 5.74) is 38.2. The molecule has 17 aromatic carbocycles. The van der Waals surface area contributed by atoms with Gasteiger partial charge in [0.25, 0.3) is 0 Å². The van der Waals surface area contributed by atoms with E-state index in [1.165, 1.54) is 220 Å². The van der Waals surface area contributed by atoms with Crippen LogP contribution in [0.25, 0.3) is 139 Å². The molecule has 131 heavy (non-hydrogen) atoms. The maximum absolute atomic E-state index is 4.05. The van der Waals surface area contributed by atoms with Gasteiger partial charge in [0, 0.05) is 72.4 Å². The van der Waals surface area contributed by atoms with Crippen LogP contribution in [0.15, 0.2) is 420 Å². The van der Waals surface area contributed by atoms with E-state index in [-0.39, 0.29) is 16.7 Å². The maximum atomic E-state index is 4.05. The van der Waals surface area contributed by atoms with Crippen LogP contribution in [0, 0.1) is 23.7 Å². The lowest BCUT2D eigenvalue weighted by atomic mass is 9.41. The minimum Gasteiger partial charge on any atom is -0.310 e. The third-order valence-corrected chi connectivity index (χ3v) is 32.4. The first kappa shape index (κ1) is 77.5. The molecule has 9 aliphatic carbocycles. The molecule has 4 unspecified atom stereocenters. The number of nitrogens with zero attached hydrogens (tertiary/aromatic N) is 4. The van der Waals surface area contributed by atoms with Gasteiger partial charge in [0.15, 0.2) is 0 Å².